The van der Waals surface area contributed by atoms with Crippen LogP contribution >= 0.6 is 0 Å². The summed E-state index contributed by atoms with van der Waals surface area (Å²) in [7, 11) is 0. The highest BCUT2D eigenvalue weighted by molar-refractivity contribution is 4.90. The Morgan fingerprint density at radius 1 is 1.23 bits per heavy atom. The van der Waals surface area contributed by atoms with Gasteiger partial charge in [0.25, 0.3) is 0 Å². The van der Waals surface area contributed by atoms with Gasteiger partial charge in [0.05, 0.1) is 0 Å². The molecule has 0 spiro atoms. The largest absolute Gasteiger partial charge is 0.300 e. The molecule has 2 aliphatic heterocycles. The maximum atomic E-state index is 12.8. The van der Waals surface area contributed by atoms with Crippen molar-refractivity contribution in [3.8, 4) is 0 Å². The Balaban J connectivity index is 1.71. The summed E-state index contributed by atoms with van der Waals surface area (Å²) < 4.78 is 12.8. The van der Waals surface area contributed by atoms with Gasteiger partial charge in [-0.05, 0) is 26.3 Å². The van der Waals surface area contributed by atoms with Crippen LogP contribution in [0.4, 0.5) is 4.39 Å². The molecular weight excluding hydrogens is 167 g/mol. The highest BCUT2D eigenvalue weighted by Crippen LogP contribution is 2.20. The summed E-state index contributed by atoms with van der Waals surface area (Å²) in [5.41, 5.74) is 0. The van der Waals surface area contributed by atoms with E-state index in [9.17, 15) is 4.39 Å². The smallest absolute Gasteiger partial charge is 0.103 e. The Bertz CT molecular complexity index is 160. The molecular formula is C10H18FN2. The van der Waals surface area contributed by atoms with Crippen molar-refractivity contribution in [2.24, 2.45) is 0 Å². The van der Waals surface area contributed by atoms with E-state index in [4.69, 9.17) is 0 Å². The number of hydrogen-bond donors (Lipinski definition) is 0. The average Bonchev–Trinajstić information content (AvgIpc) is 2.06. The minimum absolute atomic E-state index is 0.541. The van der Waals surface area contributed by atoms with Crippen LogP contribution in [-0.2, 0) is 0 Å². The van der Waals surface area contributed by atoms with E-state index >= 15 is 0 Å². The van der Waals surface area contributed by atoms with Crippen molar-refractivity contribution in [2.75, 3.05) is 32.7 Å². The first-order valence-corrected chi connectivity index (χ1v) is 5.19. The second kappa shape index (κ2) is 3.93. The van der Waals surface area contributed by atoms with E-state index in [1.165, 1.54) is 0 Å². The third-order valence-corrected chi connectivity index (χ3v) is 3.23. The number of halogens is 1. The first-order chi connectivity index (χ1) is 6.29. The van der Waals surface area contributed by atoms with Crippen LogP contribution in [0.1, 0.15) is 12.8 Å². The third-order valence-electron chi connectivity index (χ3n) is 3.23. The van der Waals surface area contributed by atoms with Gasteiger partial charge in [-0.1, -0.05) is 0 Å². The fraction of sp³-hybridized carbons (Fsp3) is 0.900. The predicted molar refractivity (Wildman–Crippen MR) is 51.3 cm³/mol. The van der Waals surface area contributed by atoms with Gasteiger partial charge < -0.3 is 4.90 Å². The molecule has 75 valence electrons. The fourth-order valence-electron chi connectivity index (χ4n) is 2.19. The van der Waals surface area contributed by atoms with Gasteiger partial charge in [-0.25, -0.2) is 4.39 Å². The van der Waals surface area contributed by atoms with Crippen LogP contribution in [0.2, 0.25) is 0 Å². The van der Waals surface area contributed by atoms with E-state index in [1.807, 2.05) is 0 Å². The van der Waals surface area contributed by atoms with Gasteiger partial charge in [0.1, 0.15) is 6.17 Å². The molecule has 13 heavy (non-hydrogen) atoms. The fourth-order valence-corrected chi connectivity index (χ4v) is 2.19. The van der Waals surface area contributed by atoms with Crippen molar-refractivity contribution in [3.05, 3.63) is 6.92 Å². The Morgan fingerprint density at radius 3 is 2.38 bits per heavy atom. The maximum Gasteiger partial charge on any atom is 0.103 e. The van der Waals surface area contributed by atoms with E-state index in [0.29, 0.717) is 6.04 Å². The summed E-state index contributed by atoms with van der Waals surface area (Å²) in [5.74, 6) is 0. The summed E-state index contributed by atoms with van der Waals surface area (Å²) in [6.45, 7) is 8.95. The summed E-state index contributed by atoms with van der Waals surface area (Å²) in [5, 5.41) is 0. The molecule has 0 aromatic heterocycles. The summed E-state index contributed by atoms with van der Waals surface area (Å²) in [4.78, 5) is 4.76. The molecule has 0 bridgehead atoms. The molecule has 0 atom stereocenters. The molecule has 3 heteroatoms. The van der Waals surface area contributed by atoms with E-state index in [2.05, 4.69) is 16.7 Å². The van der Waals surface area contributed by atoms with E-state index in [1.54, 1.807) is 0 Å². The average molecular weight is 185 g/mol. The quantitative estimate of drug-likeness (QED) is 0.631. The highest BCUT2D eigenvalue weighted by atomic mass is 19.1. The second-order valence-corrected chi connectivity index (χ2v) is 4.12. The SMILES string of the molecule is [CH2]CN1CC(N2CCC(F)CC2)C1. The molecule has 0 saturated carbocycles. The Hall–Kier alpha value is -0.150. The molecule has 0 N–H and O–H groups in total. The molecule has 2 fully saturated rings. The molecule has 1 radical (unpaired) electrons. The maximum absolute atomic E-state index is 12.8. The van der Waals surface area contributed by atoms with Crippen molar-refractivity contribution in [1.29, 1.82) is 0 Å². The van der Waals surface area contributed by atoms with Crippen LogP contribution in [0.15, 0.2) is 0 Å². The molecule has 2 saturated heterocycles. The van der Waals surface area contributed by atoms with Crippen LogP contribution < -0.4 is 0 Å². The van der Waals surface area contributed by atoms with Crippen LogP contribution in [0.25, 0.3) is 0 Å². The molecule has 2 aliphatic rings. The third kappa shape index (κ3) is 2.02. The zero-order chi connectivity index (χ0) is 9.26. The van der Waals surface area contributed by atoms with Gasteiger partial charge >= 0.3 is 0 Å². The van der Waals surface area contributed by atoms with Crippen LogP contribution in [0, 0.1) is 6.92 Å². The number of alkyl halides is 1. The number of hydrogen-bond acceptors (Lipinski definition) is 2. The van der Waals surface area contributed by atoms with Gasteiger partial charge in [0.2, 0.25) is 0 Å². The monoisotopic (exact) mass is 185 g/mol. The Kier molecular flexibility index (Phi) is 2.84. The number of rotatable bonds is 2. The lowest BCUT2D eigenvalue weighted by Gasteiger charge is -2.46. The first-order valence-electron chi connectivity index (χ1n) is 5.19. The topological polar surface area (TPSA) is 6.48 Å². The Morgan fingerprint density at radius 2 is 1.85 bits per heavy atom. The second-order valence-electron chi connectivity index (χ2n) is 4.12. The summed E-state index contributed by atoms with van der Waals surface area (Å²) in [6, 6.07) is 0.689. The van der Waals surface area contributed by atoms with Crippen molar-refractivity contribution in [1.82, 2.24) is 9.80 Å². The minimum atomic E-state index is -0.541. The van der Waals surface area contributed by atoms with Crippen molar-refractivity contribution >= 4 is 0 Å². The summed E-state index contributed by atoms with van der Waals surface area (Å²) in [6.07, 6.45) is 0.933. The number of piperidine rings is 1. The Labute approximate surface area is 79.7 Å². The molecule has 2 nitrogen and oxygen atoms in total. The molecule has 2 rings (SSSR count). The van der Waals surface area contributed by atoms with Crippen molar-refractivity contribution < 1.29 is 4.39 Å². The molecule has 0 unspecified atom stereocenters. The van der Waals surface area contributed by atoms with E-state index in [-0.39, 0.29) is 0 Å². The van der Waals surface area contributed by atoms with Gasteiger partial charge in [-0.3, -0.25) is 4.90 Å². The first kappa shape index (κ1) is 9.41. The van der Waals surface area contributed by atoms with E-state index in [0.717, 1.165) is 45.6 Å². The molecule has 0 aromatic rings. The normalized spacial score (nSPS) is 29.1. The van der Waals surface area contributed by atoms with E-state index < -0.39 is 6.17 Å². The number of likely N-dealkylation sites (tertiary alicyclic amines) is 2. The molecule has 2 heterocycles. The molecule has 0 aliphatic carbocycles. The number of nitrogens with zero attached hydrogens (tertiary/aromatic N) is 2. The van der Waals surface area contributed by atoms with Gasteiger partial charge in [-0.2, -0.15) is 0 Å². The lowest BCUT2D eigenvalue weighted by Crippen LogP contribution is -2.60. The molecule has 0 aromatic carbocycles. The molecule has 0 amide bonds. The standard InChI is InChI=1S/C10H18FN2/c1-2-12-7-10(8-12)13-5-3-9(11)4-6-13/h9-10H,1-8H2. The van der Waals surface area contributed by atoms with Crippen LogP contribution in [0.5, 0.6) is 0 Å². The van der Waals surface area contributed by atoms with Crippen LogP contribution in [0.3, 0.4) is 0 Å². The lowest BCUT2D eigenvalue weighted by molar-refractivity contribution is 0.0161. The highest BCUT2D eigenvalue weighted by Gasteiger charge is 2.32. The van der Waals surface area contributed by atoms with Crippen molar-refractivity contribution in [2.45, 2.75) is 25.1 Å². The van der Waals surface area contributed by atoms with Gasteiger partial charge in [0.15, 0.2) is 0 Å². The van der Waals surface area contributed by atoms with Crippen molar-refractivity contribution in [3.63, 3.8) is 0 Å². The summed E-state index contributed by atoms with van der Waals surface area (Å²) >= 11 is 0. The minimum Gasteiger partial charge on any atom is -0.300 e. The van der Waals surface area contributed by atoms with Crippen LogP contribution in [-0.4, -0.2) is 54.7 Å². The van der Waals surface area contributed by atoms with Gasteiger partial charge in [-0.15, -0.1) is 0 Å². The zero-order valence-electron chi connectivity index (χ0n) is 8.08. The predicted octanol–water partition coefficient (Wildman–Crippen LogP) is 0.939. The van der Waals surface area contributed by atoms with Gasteiger partial charge in [0, 0.05) is 32.2 Å². The lowest BCUT2D eigenvalue weighted by atomic mass is 10.0. The zero-order valence-corrected chi connectivity index (χ0v) is 8.08.